The summed E-state index contributed by atoms with van der Waals surface area (Å²) in [5.41, 5.74) is 0. The molecule has 0 N–H and O–H groups in total. The Morgan fingerprint density at radius 1 is 1.33 bits per heavy atom. The largest absolute Gasteiger partial charge is 0.392 e. The fraction of sp³-hybridized carbons (Fsp3) is 0. The van der Waals surface area contributed by atoms with E-state index in [1.807, 2.05) is 0 Å². The SMILES string of the molecule is O=C1[CH]C(=O)O1. The molecule has 1 saturated heterocycles. The number of ether oxygens (including phenoxy) is 1. The fourth-order valence-corrected chi connectivity index (χ4v) is 0.196. The minimum atomic E-state index is -0.542. The van der Waals surface area contributed by atoms with Gasteiger partial charge in [0.15, 0.2) is 6.42 Å². The summed E-state index contributed by atoms with van der Waals surface area (Å²) in [7, 11) is 0. The summed E-state index contributed by atoms with van der Waals surface area (Å²) < 4.78 is 3.81. The first-order chi connectivity index (χ1) is 2.79. The van der Waals surface area contributed by atoms with Crippen LogP contribution >= 0.6 is 0 Å². The lowest BCUT2D eigenvalue weighted by Crippen LogP contribution is -2.27. The van der Waals surface area contributed by atoms with Crippen LogP contribution in [0.15, 0.2) is 0 Å². The van der Waals surface area contributed by atoms with Gasteiger partial charge in [0.05, 0.1) is 0 Å². The monoisotopic (exact) mass is 85.0 g/mol. The zero-order valence-electron chi connectivity index (χ0n) is 2.80. The molecule has 3 heteroatoms. The lowest BCUT2D eigenvalue weighted by molar-refractivity contribution is -0.166. The highest BCUT2D eigenvalue weighted by molar-refractivity contribution is 6.17. The second kappa shape index (κ2) is 0.801. The Morgan fingerprint density at radius 3 is 1.67 bits per heavy atom. The van der Waals surface area contributed by atoms with Crippen molar-refractivity contribution in [3.8, 4) is 0 Å². The smallest absolute Gasteiger partial charge is 0.329 e. The number of carbonyl (C=O) groups excluding carboxylic acids is 2. The molecule has 1 fully saturated rings. The normalized spacial score (nSPS) is 19.3. The summed E-state index contributed by atoms with van der Waals surface area (Å²) in [6.45, 7) is 0. The van der Waals surface area contributed by atoms with Crippen molar-refractivity contribution in [1.29, 1.82) is 0 Å². The molecular formula is C3HO3. The molecule has 31 valence electrons. The third-order valence-corrected chi connectivity index (χ3v) is 0.437. The van der Waals surface area contributed by atoms with Crippen molar-refractivity contribution in [3.63, 3.8) is 0 Å². The molecule has 0 aromatic rings. The van der Waals surface area contributed by atoms with Crippen molar-refractivity contribution < 1.29 is 14.3 Å². The topological polar surface area (TPSA) is 43.4 Å². The number of hydrogen-bond donors (Lipinski definition) is 0. The minimum Gasteiger partial charge on any atom is -0.392 e. The average molecular weight is 85.0 g/mol. The van der Waals surface area contributed by atoms with Crippen molar-refractivity contribution in [2.45, 2.75) is 0 Å². The van der Waals surface area contributed by atoms with Gasteiger partial charge in [0.1, 0.15) is 0 Å². The second-order valence-corrected chi connectivity index (χ2v) is 0.884. The van der Waals surface area contributed by atoms with Gasteiger partial charge in [0.2, 0.25) is 0 Å². The summed E-state index contributed by atoms with van der Waals surface area (Å²) in [5, 5.41) is 0. The standard InChI is InChI=1S/C3HO3/c4-2-1-3(5)6-2/h1H. The molecule has 1 heterocycles. The predicted octanol–water partition coefficient (Wildman–Crippen LogP) is -0.726. The maximum absolute atomic E-state index is 9.61. The Labute approximate surface area is 33.9 Å². The maximum atomic E-state index is 9.61. The van der Waals surface area contributed by atoms with Gasteiger partial charge in [-0.15, -0.1) is 0 Å². The molecule has 0 unspecified atom stereocenters. The molecule has 0 aliphatic carbocycles. The van der Waals surface area contributed by atoms with Crippen molar-refractivity contribution in [2.75, 3.05) is 0 Å². The Bertz CT molecular complexity index is 82.6. The zero-order chi connectivity index (χ0) is 4.57. The van der Waals surface area contributed by atoms with E-state index in [0.717, 1.165) is 6.42 Å². The number of hydrogen-bond acceptors (Lipinski definition) is 3. The van der Waals surface area contributed by atoms with Crippen LogP contribution in [0.3, 0.4) is 0 Å². The molecule has 1 aliphatic heterocycles. The van der Waals surface area contributed by atoms with E-state index >= 15 is 0 Å². The highest BCUT2D eigenvalue weighted by atomic mass is 16.6. The van der Waals surface area contributed by atoms with E-state index < -0.39 is 11.9 Å². The number of carbonyl (C=O) groups is 2. The molecule has 0 aromatic heterocycles. The van der Waals surface area contributed by atoms with Crippen LogP contribution in [0.4, 0.5) is 0 Å². The fourth-order valence-electron chi connectivity index (χ4n) is 0.196. The van der Waals surface area contributed by atoms with Crippen molar-refractivity contribution in [2.24, 2.45) is 0 Å². The third kappa shape index (κ3) is 0.282. The van der Waals surface area contributed by atoms with Crippen LogP contribution in [-0.4, -0.2) is 11.9 Å². The van der Waals surface area contributed by atoms with Gasteiger partial charge in [-0.2, -0.15) is 0 Å². The highest BCUT2D eigenvalue weighted by Gasteiger charge is 2.25. The van der Waals surface area contributed by atoms with Gasteiger partial charge in [-0.3, -0.25) is 9.59 Å². The van der Waals surface area contributed by atoms with Crippen LogP contribution < -0.4 is 0 Å². The molecule has 0 saturated carbocycles. The first kappa shape index (κ1) is 3.33. The van der Waals surface area contributed by atoms with Crippen LogP contribution in [0.25, 0.3) is 0 Å². The Hall–Kier alpha value is -0.860. The highest BCUT2D eigenvalue weighted by Crippen LogP contribution is 1.98. The molecule has 1 rings (SSSR count). The minimum absolute atomic E-state index is 0.542. The van der Waals surface area contributed by atoms with Crippen molar-refractivity contribution >= 4 is 11.9 Å². The van der Waals surface area contributed by atoms with Gasteiger partial charge in [-0.1, -0.05) is 0 Å². The summed E-state index contributed by atoms with van der Waals surface area (Å²) in [5.74, 6) is -1.08. The molecular weight excluding hydrogens is 84.0 g/mol. The zero-order valence-corrected chi connectivity index (χ0v) is 2.80. The van der Waals surface area contributed by atoms with E-state index in [2.05, 4.69) is 4.74 Å². The molecule has 3 nitrogen and oxygen atoms in total. The first-order valence-electron chi connectivity index (χ1n) is 1.39. The van der Waals surface area contributed by atoms with Gasteiger partial charge in [0.25, 0.3) is 0 Å². The number of rotatable bonds is 0. The van der Waals surface area contributed by atoms with Gasteiger partial charge < -0.3 is 4.74 Å². The van der Waals surface area contributed by atoms with Gasteiger partial charge in [0, 0.05) is 0 Å². The van der Waals surface area contributed by atoms with E-state index in [4.69, 9.17) is 0 Å². The van der Waals surface area contributed by atoms with Crippen LogP contribution in [0.1, 0.15) is 0 Å². The van der Waals surface area contributed by atoms with Crippen molar-refractivity contribution in [1.82, 2.24) is 0 Å². The van der Waals surface area contributed by atoms with Crippen LogP contribution in [-0.2, 0) is 14.3 Å². The molecule has 1 aliphatic rings. The van der Waals surface area contributed by atoms with E-state index in [0.29, 0.717) is 0 Å². The molecule has 0 atom stereocenters. The Kier molecular flexibility index (Phi) is 0.445. The van der Waals surface area contributed by atoms with Crippen molar-refractivity contribution in [3.05, 3.63) is 6.42 Å². The maximum Gasteiger partial charge on any atom is 0.329 e. The van der Waals surface area contributed by atoms with Gasteiger partial charge in [-0.25, -0.2) is 0 Å². The summed E-state index contributed by atoms with van der Waals surface area (Å²) >= 11 is 0. The lowest BCUT2D eigenvalue weighted by atomic mass is 10.4. The summed E-state index contributed by atoms with van der Waals surface area (Å²) in [6.07, 6.45) is 0.889. The molecule has 6 heavy (non-hydrogen) atoms. The van der Waals surface area contributed by atoms with Gasteiger partial charge >= 0.3 is 11.9 Å². The van der Waals surface area contributed by atoms with E-state index in [1.165, 1.54) is 0 Å². The second-order valence-electron chi connectivity index (χ2n) is 0.884. The van der Waals surface area contributed by atoms with E-state index in [1.54, 1.807) is 0 Å². The quantitative estimate of drug-likeness (QED) is 0.288. The summed E-state index contributed by atoms with van der Waals surface area (Å²) in [4.78, 5) is 19.2. The molecule has 1 radical (unpaired) electrons. The van der Waals surface area contributed by atoms with Crippen LogP contribution in [0.5, 0.6) is 0 Å². The molecule has 0 spiro atoms. The van der Waals surface area contributed by atoms with Gasteiger partial charge in [-0.05, 0) is 0 Å². The lowest BCUT2D eigenvalue weighted by Gasteiger charge is -2.05. The van der Waals surface area contributed by atoms with Crippen LogP contribution in [0, 0.1) is 6.42 Å². The molecule has 0 aromatic carbocycles. The molecule has 0 amide bonds. The summed E-state index contributed by atoms with van der Waals surface area (Å²) in [6, 6.07) is 0. The first-order valence-corrected chi connectivity index (χ1v) is 1.39. The van der Waals surface area contributed by atoms with Crippen LogP contribution in [0.2, 0.25) is 0 Å². The number of cyclic esters (lactones) is 2. The predicted molar refractivity (Wildman–Crippen MR) is 15.4 cm³/mol. The Balaban J connectivity index is 2.47. The van der Waals surface area contributed by atoms with E-state index in [9.17, 15) is 9.59 Å². The van der Waals surface area contributed by atoms with E-state index in [-0.39, 0.29) is 0 Å². The Morgan fingerprint density at radius 2 is 1.67 bits per heavy atom. The third-order valence-electron chi connectivity index (χ3n) is 0.437. The molecule has 0 bridgehead atoms. The number of esters is 2. The average Bonchev–Trinajstić information content (AvgIpc) is 1.33.